The number of fused-ring (bicyclic) bond motifs is 5. The Hall–Kier alpha value is -2.67. The van der Waals surface area contributed by atoms with E-state index in [4.69, 9.17) is 0 Å². The van der Waals surface area contributed by atoms with Crippen LogP contribution in [0.3, 0.4) is 0 Å². The Kier molecular flexibility index (Phi) is 6.85. The van der Waals surface area contributed by atoms with Gasteiger partial charge in [0.05, 0.1) is 11.0 Å². The number of aromatic nitrogens is 1. The largest absolute Gasteiger partial charge is 0.213 e. The lowest BCUT2D eigenvalue weighted by Gasteiger charge is -2.48. The first-order chi connectivity index (χ1) is 16.4. The molecule has 0 amide bonds. The van der Waals surface area contributed by atoms with Crippen LogP contribution in [0.2, 0.25) is 0 Å². The lowest BCUT2D eigenvalue weighted by Crippen LogP contribution is -2.69. The Morgan fingerprint density at radius 1 is 1.00 bits per heavy atom. The van der Waals surface area contributed by atoms with Crippen molar-refractivity contribution in [2.24, 2.45) is 0 Å². The number of hydrogen-bond acceptors (Lipinski definition) is 0. The number of pyridine rings is 1. The van der Waals surface area contributed by atoms with Crippen LogP contribution in [0.25, 0.3) is 33.7 Å². The molecule has 0 spiro atoms. The van der Waals surface area contributed by atoms with E-state index in [1.165, 1.54) is 70.0 Å². The van der Waals surface area contributed by atoms with E-state index in [-0.39, 0.29) is 11.0 Å². The van der Waals surface area contributed by atoms with E-state index in [2.05, 4.69) is 101 Å². The Balaban J connectivity index is 2.07. The molecule has 1 aliphatic heterocycles. The van der Waals surface area contributed by atoms with Gasteiger partial charge < -0.3 is 0 Å². The van der Waals surface area contributed by atoms with Crippen LogP contribution in [0.4, 0.5) is 0 Å². The first-order valence-electron chi connectivity index (χ1n) is 13.4. The summed E-state index contributed by atoms with van der Waals surface area (Å²) in [5.74, 6) is 0. The maximum absolute atomic E-state index is 4.44. The minimum atomic E-state index is 0.0536. The molecule has 0 N–H and O–H groups in total. The Bertz CT molecular complexity index is 1230. The second kappa shape index (κ2) is 9.53. The summed E-state index contributed by atoms with van der Waals surface area (Å²) < 4.78 is 2.63. The fourth-order valence-corrected chi connectivity index (χ4v) is 6.73. The van der Waals surface area contributed by atoms with Crippen LogP contribution < -0.4 is 4.57 Å². The van der Waals surface area contributed by atoms with Gasteiger partial charge in [-0.1, -0.05) is 65.5 Å². The lowest BCUT2D eigenvalue weighted by atomic mass is 9.58. The molecule has 1 aliphatic rings. The van der Waals surface area contributed by atoms with Gasteiger partial charge in [0.1, 0.15) is 0 Å². The van der Waals surface area contributed by atoms with Gasteiger partial charge in [0, 0.05) is 25.0 Å². The van der Waals surface area contributed by atoms with Crippen molar-refractivity contribution in [3.63, 3.8) is 0 Å². The van der Waals surface area contributed by atoms with Gasteiger partial charge >= 0.3 is 0 Å². The van der Waals surface area contributed by atoms with Gasteiger partial charge in [-0.15, -0.1) is 0 Å². The first kappa shape index (κ1) is 24.5. The smallest absolute Gasteiger partial charge is 0.192 e. The number of rotatable bonds is 9. The average Bonchev–Trinajstić information content (AvgIpc) is 2.88. The molecule has 34 heavy (non-hydrogen) atoms. The monoisotopic (exact) mass is 452 g/mol. The summed E-state index contributed by atoms with van der Waals surface area (Å²) in [6.07, 6.45) is 12.3. The van der Waals surface area contributed by atoms with E-state index in [9.17, 15) is 0 Å². The first-order valence-corrected chi connectivity index (χ1v) is 13.4. The van der Waals surface area contributed by atoms with Crippen LogP contribution in [0.15, 0.2) is 61.8 Å². The van der Waals surface area contributed by atoms with Crippen LogP contribution in [0.5, 0.6) is 0 Å². The molecule has 2 atom stereocenters. The second-order valence-electron chi connectivity index (χ2n) is 10.3. The molecular formula is C33H42N+. The summed E-state index contributed by atoms with van der Waals surface area (Å²) in [6.45, 7) is 20.4. The lowest BCUT2D eigenvalue weighted by molar-refractivity contribution is -0.770. The van der Waals surface area contributed by atoms with Crippen LogP contribution in [-0.4, -0.2) is 0 Å². The Morgan fingerprint density at radius 2 is 1.79 bits per heavy atom. The van der Waals surface area contributed by atoms with E-state index in [1.807, 2.05) is 6.08 Å². The van der Waals surface area contributed by atoms with Crippen molar-refractivity contribution in [3.8, 4) is 11.3 Å². The summed E-state index contributed by atoms with van der Waals surface area (Å²) >= 11 is 0. The summed E-state index contributed by atoms with van der Waals surface area (Å²) in [4.78, 5) is 0. The third kappa shape index (κ3) is 3.47. The zero-order valence-electron chi connectivity index (χ0n) is 22.0. The molecule has 1 heteroatoms. The fraction of sp³-hybridized carbons (Fsp3) is 0.424. The number of unbranched alkanes of at least 4 members (excludes halogenated alkanes) is 1. The molecule has 0 saturated heterocycles. The highest BCUT2D eigenvalue weighted by atomic mass is 15.1. The molecule has 0 aliphatic carbocycles. The predicted octanol–water partition coefficient (Wildman–Crippen LogP) is 9.23. The van der Waals surface area contributed by atoms with E-state index < -0.39 is 0 Å². The van der Waals surface area contributed by atoms with Gasteiger partial charge in [-0.25, -0.2) is 0 Å². The van der Waals surface area contributed by atoms with Gasteiger partial charge in [-0.05, 0) is 83.8 Å². The normalized spacial score (nSPS) is 21.2. The molecule has 1 aromatic heterocycles. The summed E-state index contributed by atoms with van der Waals surface area (Å²) in [7, 11) is 0. The molecule has 4 rings (SSSR count). The van der Waals surface area contributed by atoms with Crippen LogP contribution in [0, 0.1) is 0 Å². The molecule has 0 bridgehead atoms. The summed E-state index contributed by atoms with van der Waals surface area (Å²) in [5.41, 5.74) is 8.03. The molecule has 2 unspecified atom stereocenters. The minimum Gasteiger partial charge on any atom is -0.192 e. The van der Waals surface area contributed by atoms with Crippen molar-refractivity contribution < 1.29 is 4.57 Å². The minimum absolute atomic E-state index is 0.0536. The molecule has 0 radical (unpaired) electrons. The zero-order chi connectivity index (χ0) is 24.5. The summed E-state index contributed by atoms with van der Waals surface area (Å²) in [5, 5.41) is 2.63. The third-order valence-electron chi connectivity index (χ3n) is 8.78. The number of allylic oxidation sites excluding steroid dienone is 1. The van der Waals surface area contributed by atoms with Crippen LogP contribution in [-0.2, 0) is 11.0 Å². The molecule has 1 nitrogen and oxygen atoms in total. The topological polar surface area (TPSA) is 3.88 Å². The van der Waals surface area contributed by atoms with Gasteiger partial charge in [0.25, 0.3) is 0 Å². The van der Waals surface area contributed by atoms with Gasteiger partial charge in [0.15, 0.2) is 11.7 Å². The Morgan fingerprint density at radius 3 is 2.44 bits per heavy atom. The predicted molar refractivity (Wildman–Crippen MR) is 149 cm³/mol. The maximum Gasteiger partial charge on any atom is 0.213 e. The molecule has 2 aromatic carbocycles. The van der Waals surface area contributed by atoms with Crippen molar-refractivity contribution in [2.75, 3.05) is 0 Å². The zero-order valence-corrected chi connectivity index (χ0v) is 22.0. The highest BCUT2D eigenvalue weighted by Crippen LogP contribution is 2.53. The van der Waals surface area contributed by atoms with E-state index in [0.29, 0.717) is 0 Å². The highest BCUT2D eigenvalue weighted by Gasteiger charge is 2.58. The van der Waals surface area contributed by atoms with Crippen molar-refractivity contribution in [3.05, 3.63) is 78.5 Å². The molecule has 0 saturated carbocycles. The number of benzene rings is 2. The van der Waals surface area contributed by atoms with Crippen LogP contribution >= 0.6 is 0 Å². The number of hydrogen-bond donors (Lipinski definition) is 0. The standard InChI is InChI=1S/C33H42N/c1-8-13-16-24(6)27-23-26-18-19-29-31(28(26)22-25(27)10-3)30-17-14-15-21-34(30)33(12-5,20-9-2)32(29,7)11-4/h10,14-15,17-19,21-23H,3,6,8-9,11-13,16,20H2,1-2,4-5,7H3/q+1. The molecule has 2 heterocycles. The van der Waals surface area contributed by atoms with E-state index in [1.54, 1.807) is 0 Å². The van der Waals surface area contributed by atoms with Crippen molar-refractivity contribution in [1.29, 1.82) is 0 Å². The average molecular weight is 453 g/mol. The van der Waals surface area contributed by atoms with Crippen molar-refractivity contribution >= 4 is 22.4 Å². The van der Waals surface area contributed by atoms with Gasteiger partial charge in [0.2, 0.25) is 5.69 Å². The summed E-state index contributed by atoms with van der Waals surface area (Å²) in [6, 6.07) is 16.3. The Labute approximate surface area is 207 Å². The van der Waals surface area contributed by atoms with E-state index >= 15 is 0 Å². The maximum atomic E-state index is 4.44. The molecule has 0 fully saturated rings. The van der Waals surface area contributed by atoms with Crippen molar-refractivity contribution in [2.45, 2.75) is 90.5 Å². The highest BCUT2D eigenvalue weighted by molar-refractivity contribution is 6.01. The van der Waals surface area contributed by atoms with Crippen LogP contribution in [0.1, 0.15) is 96.3 Å². The van der Waals surface area contributed by atoms with Crippen molar-refractivity contribution in [1.82, 2.24) is 0 Å². The molecule has 178 valence electrons. The van der Waals surface area contributed by atoms with Gasteiger partial charge in [-0.2, -0.15) is 4.57 Å². The van der Waals surface area contributed by atoms with E-state index in [0.717, 1.165) is 19.3 Å². The second-order valence-corrected chi connectivity index (χ2v) is 10.3. The molecular weight excluding hydrogens is 410 g/mol. The fourth-order valence-electron chi connectivity index (χ4n) is 6.73. The van der Waals surface area contributed by atoms with Gasteiger partial charge in [-0.3, -0.25) is 0 Å². The molecule has 3 aromatic rings. The SMILES string of the molecule is C=Cc1cc2c3c(ccc2cc1C(=C)CCCC)C(C)(CC)C(CC)(CCC)[n+]1ccccc1-3. The number of nitrogens with zero attached hydrogens (tertiary/aromatic N) is 1. The third-order valence-corrected chi connectivity index (χ3v) is 8.78. The quantitative estimate of drug-likeness (QED) is 0.285.